The van der Waals surface area contributed by atoms with Gasteiger partial charge in [-0.15, -0.1) is 12.4 Å². The average molecular weight is 351 g/mol. The molecule has 1 aliphatic rings. The molecule has 1 saturated heterocycles. The SMILES string of the molecule is Cc1ccc(C)c(OCCN2CCNCC2c2nccn2C)c1.Cl. The number of nitrogens with one attached hydrogen (secondary N) is 1. The third-order valence-electron chi connectivity index (χ3n) is 4.49. The van der Waals surface area contributed by atoms with Crippen molar-refractivity contribution in [2.45, 2.75) is 19.9 Å². The van der Waals surface area contributed by atoms with Gasteiger partial charge in [-0.2, -0.15) is 0 Å². The van der Waals surface area contributed by atoms with Crippen LogP contribution in [0.15, 0.2) is 30.6 Å². The van der Waals surface area contributed by atoms with Crippen molar-refractivity contribution >= 4 is 12.4 Å². The maximum atomic E-state index is 6.03. The summed E-state index contributed by atoms with van der Waals surface area (Å²) >= 11 is 0. The van der Waals surface area contributed by atoms with Crippen molar-refractivity contribution in [2.24, 2.45) is 7.05 Å². The molecule has 0 spiro atoms. The predicted octanol–water partition coefficient (Wildman–Crippen LogP) is 2.48. The smallest absolute Gasteiger partial charge is 0.127 e. The fourth-order valence-corrected chi connectivity index (χ4v) is 3.10. The van der Waals surface area contributed by atoms with Crippen LogP contribution in [0.5, 0.6) is 5.75 Å². The molecule has 5 nitrogen and oxygen atoms in total. The minimum Gasteiger partial charge on any atom is -0.492 e. The highest BCUT2D eigenvalue weighted by molar-refractivity contribution is 5.85. The zero-order valence-electron chi connectivity index (χ0n) is 14.7. The lowest BCUT2D eigenvalue weighted by atomic mass is 10.1. The van der Waals surface area contributed by atoms with Gasteiger partial charge in [0.15, 0.2) is 0 Å². The van der Waals surface area contributed by atoms with Gasteiger partial charge in [0.05, 0.1) is 6.04 Å². The van der Waals surface area contributed by atoms with E-state index in [9.17, 15) is 0 Å². The molecule has 0 bridgehead atoms. The van der Waals surface area contributed by atoms with Crippen LogP contribution in [0.3, 0.4) is 0 Å². The van der Waals surface area contributed by atoms with E-state index in [1.54, 1.807) is 0 Å². The van der Waals surface area contributed by atoms with E-state index in [0.717, 1.165) is 37.8 Å². The number of rotatable bonds is 5. The molecule has 6 heteroatoms. The molecular weight excluding hydrogens is 324 g/mol. The van der Waals surface area contributed by atoms with Gasteiger partial charge < -0.3 is 14.6 Å². The van der Waals surface area contributed by atoms with Crippen molar-refractivity contribution in [2.75, 3.05) is 32.8 Å². The summed E-state index contributed by atoms with van der Waals surface area (Å²) in [4.78, 5) is 6.98. The maximum absolute atomic E-state index is 6.03. The summed E-state index contributed by atoms with van der Waals surface area (Å²) in [5.41, 5.74) is 2.43. The van der Waals surface area contributed by atoms with Crippen molar-refractivity contribution < 1.29 is 4.74 Å². The Morgan fingerprint density at radius 1 is 1.33 bits per heavy atom. The molecule has 1 aromatic carbocycles. The highest BCUT2D eigenvalue weighted by Gasteiger charge is 2.26. The summed E-state index contributed by atoms with van der Waals surface area (Å²) in [7, 11) is 2.06. The second-order valence-electron chi connectivity index (χ2n) is 6.27. The molecule has 3 rings (SSSR count). The highest BCUT2D eigenvalue weighted by atomic mass is 35.5. The maximum Gasteiger partial charge on any atom is 0.127 e. The summed E-state index contributed by atoms with van der Waals surface area (Å²) in [5, 5.41) is 3.47. The number of piperazine rings is 1. The predicted molar refractivity (Wildman–Crippen MR) is 99.1 cm³/mol. The van der Waals surface area contributed by atoms with E-state index in [1.165, 1.54) is 11.1 Å². The number of benzene rings is 1. The first-order valence-corrected chi connectivity index (χ1v) is 8.27. The van der Waals surface area contributed by atoms with Crippen LogP contribution in [0.2, 0.25) is 0 Å². The Labute approximate surface area is 150 Å². The van der Waals surface area contributed by atoms with Crippen LogP contribution < -0.4 is 10.1 Å². The van der Waals surface area contributed by atoms with E-state index >= 15 is 0 Å². The van der Waals surface area contributed by atoms with Crippen molar-refractivity contribution in [1.29, 1.82) is 0 Å². The molecule has 1 N–H and O–H groups in total. The van der Waals surface area contributed by atoms with E-state index in [-0.39, 0.29) is 12.4 Å². The van der Waals surface area contributed by atoms with Gasteiger partial charge in [-0.25, -0.2) is 4.98 Å². The summed E-state index contributed by atoms with van der Waals surface area (Å²) in [6, 6.07) is 6.66. The minimum absolute atomic E-state index is 0. The molecule has 0 aliphatic carbocycles. The van der Waals surface area contributed by atoms with Gasteiger partial charge in [0.2, 0.25) is 0 Å². The Hall–Kier alpha value is -1.56. The fraction of sp³-hybridized carbons (Fsp3) is 0.500. The molecular formula is C18H27ClN4O. The number of hydrogen-bond donors (Lipinski definition) is 1. The second-order valence-corrected chi connectivity index (χ2v) is 6.27. The Kier molecular flexibility index (Phi) is 6.66. The minimum atomic E-state index is 0. The van der Waals surface area contributed by atoms with Gasteiger partial charge in [-0.3, -0.25) is 4.90 Å². The van der Waals surface area contributed by atoms with Crippen LogP contribution in [-0.2, 0) is 7.05 Å². The Morgan fingerprint density at radius 2 is 2.17 bits per heavy atom. The van der Waals surface area contributed by atoms with Crippen LogP contribution in [0.4, 0.5) is 0 Å². The molecule has 1 aliphatic heterocycles. The lowest BCUT2D eigenvalue weighted by Crippen LogP contribution is -2.48. The van der Waals surface area contributed by atoms with Crippen LogP contribution >= 0.6 is 12.4 Å². The second kappa shape index (κ2) is 8.51. The van der Waals surface area contributed by atoms with Crippen LogP contribution in [0.1, 0.15) is 23.0 Å². The van der Waals surface area contributed by atoms with Crippen molar-refractivity contribution in [3.8, 4) is 5.75 Å². The van der Waals surface area contributed by atoms with Gasteiger partial charge in [0.1, 0.15) is 18.2 Å². The van der Waals surface area contributed by atoms with E-state index in [1.807, 2.05) is 12.4 Å². The topological polar surface area (TPSA) is 42.3 Å². The molecule has 1 atom stereocenters. The van der Waals surface area contributed by atoms with Crippen molar-refractivity contribution in [3.05, 3.63) is 47.5 Å². The largest absolute Gasteiger partial charge is 0.492 e. The first-order valence-electron chi connectivity index (χ1n) is 8.27. The van der Waals surface area contributed by atoms with Crippen LogP contribution in [0.25, 0.3) is 0 Å². The van der Waals surface area contributed by atoms with Gasteiger partial charge in [-0.05, 0) is 31.0 Å². The number of nitrogens with zero attached hydrogens (tertiary/aromatic N) is 3. The van der Waals surface area contributed by atoms with Crippen LogP contribution in [-0.4, -0.2) is 47.2 Å². The fourth-order valence-electron chi connectivity index (χ4n) is 3.10. The molecule has 2 heterocycles. The monoisotopic (exact) mass is 350 g/mol. The van der Waals surface area contributed by atoms with Crippen LogP contribution in [0, 0.1) is 13.8 Å². The average Bonchev–Trinajstić information content (AvgIpc) is 2.97. The number of hydrogen-bond acceptors (Lipinski definition) is 4. The molecule has 132 valence electrons. The highest BCUT2D eigenvalue weighted by Crippen LogP contribution is 2.22. The van der Waals surface area contributed by atoms with E-state index in [0.29, 0.717) is 12.6 Å². The molecule has 0 saturated carbocycles. The molecule has 1 fully saturated rings. The molecule has 0 amide bonds. The number of ether oxygens (including phenoxy) is 1. The van der Waals surface area contributed by atoms with E-state index < -0.39 is 0 Å². The Morgan fingerprint density at radius 3 is 2.92 bits per heavy atom. The zero-order valence-corrected chi connectivity index (χ0v) is 15.5. The van der Waals surface area contributed by atoms with Gasteiger partial charge in [0.25, 0.3) is 0 Å². The Bertz CT molecular complexity index is 658. The van der Waals surface area contributed by atoms with E-state index in [2.05, 4.69) is 58.9 Å². The molecule has 24 heavy (non-hydrogen) atoms. The standard InChI is InChI=1S/C18H26N4O.ClH/c1-14-4-5-15(2)17(12-14)23-11-10-22-9-6-19-13-16(22)18-20-7-8-21(18)3;/h4-5,7-8,12,16,19H,6,9-11,13H2,1-3H3;1H. The summed E-state index contributed by atoms with van der Waals surface area (Å²) in [6.07, 6.45) is 3.88. The van der Waals surface area contributed by atoms with Gasteiger partial charge in [0, 0.05) is 45.6 Å². The zero-order chi connectivity index (χ0) is 16.2. The summed E-state index contributed by atoms with van der Waals surface area (Å²) in [6.45, 7) is 8.78. The number of halogens is 1. The summed E-state index contributed by atoms with van der Waals surface area (Å²) < 4.78 is 8.13. The molecule has 1 unspecified atom stereocenters. The van der Waals surface area contributed by atoms with Gasteiger partial charge >= 0.3 is 0 Å². The quantitative estimate of drug-likeness (QED) is 0.899. The number of aryl methyl sites for hydroxylation is 3. The first-order chi connectivity index (χ1) is 11.1. The van der Waals surface area contributed by atoms with Gasteiger partial charge in [-0.1, -0.05) is 12.1 Å². The lowest BCUT2D eigenvalue weighted by Gasteiger charge is -2.35. The summed E-state index contributed by atoms with van der Waals surface area (Å²) in [5.74, 6) is 2.11. The normalized spacial score (nSPS) is 18.2. The third-order valence-corrected chi connectivity index (χ3v) is 4.49. The molecule has 0 radical (unpaired) electrons. The number of aromatic nitrogens is 2. The molecule has 1 aromatic heterocycles. The number of imidazole rings is 1. The molecule has 2 aromatic rings. The van der Waals surface area contributed by atoms with Crippen molar-refractivity contribution in [3.63, 3.8) is 0 Å². The van der Waals surface area contributed by atoms with E-state index in [4.69, 9.17) is 4.74 Å². The van der Waals surface area contributed by atoms with Crippen molar-refractivity contribution in [1.82, 2.24) is 19.8 Å². The first kappa shape index (κ1) is 18.8. The lowest BCUT2D eigenvalue weighted by molar-refractivity contribution is 0.127. The Balaban J connectivity index is 0.00000208. The third kappa shape index (κ3) is 4.29.